The van der Waals surface area contributed by atoms with E-state index >= 15 is 0 Å². The van der Waals surface area contributed by atoms with Gasteiger partial charge in [0.05, 0.1) is 0 Å². The molecular weight excluding hydrogens is 280 g/mol. The maximum Gasteiger partial charge on any atom is 0.305 e. The van der Waals surface area contributed by atoms with Gasteiger partial charge in [0, 0.05) is 24.7 Å². The number of ether oxygens (including phenoxy) is 2. The second-order valence-corrected chi connectivity index (χ2v) is 6.66. The van der Waals surface area contributed by atoms with E-state index in [4.69, 9.17) is 9.47 Å². The van der Waals surface area contributed by atoms with Crippen molar-refractivity contribution < 1.29 is 19.1 Å². The smallest absolute Gasteiger partial charge is 0.305 e. The van der Waals surface area contributed by atoms with Crippen molar-refractivity contribution in [1.82, 2.24) is 0 Å². The highest BCUT2D eigenvalue weighted by molar-refractivity contribution is 5.69. The monoisotopic (exact) mass is 310 g/mol. The first kappa shape index (κ1) is 18.7. The highest BCUT2D eigenvalue weighted by Gasteiger charge is 2.55. The van der Waals surface area contributed by atoms with Crippen LogP contribution in [0.5, 0.6) is 0 Å². The molecule has 1 rings (SSSR count). The second-order valence-electron chi connectivity index (χ2n) is 6.66. The molecule has 1 fully saturated rings. The fourth-order valence-electron chi connectivity index (χ4n) is 3.45. The zero-order valence-corrected chi connectivity index (χ0v) is 14.4. The Morgan fingerprint density at radius 2 is 2.09 bits per heavy atom. The van der Waals surface area contributed by atoms with Crippen LogP contribution >= 0.6 is 0 Å². The zero-order chi connectivity index (χ0) is 16.8. The summed E-state index contributed by atoms with van der Waals surface area (Å²) in [5.74, 6) is -0.448. The van der Waals surface area contributed by atoms with Crippen molar-refractivity contribution in [3.63, 3.8) is 0 Å². The lowest BCUT2D eigenvalue weighted by molar-refractivity contribution is -0.205. The number of esters is 2. The molecule has 4 heteroatoms. The molecular formula is C18H30O4. The summed E-state index contributed by atoms with van der Waals surface area (Å²) in [7, 11) is 0. The van der Waals surface area contributed by atoms with E-state index in [1.807, 2.05) is 19.9 Å². The molecule has 0 bridgehead atoms. The lowest BCUT2D eigenvalue weighted by atomic mass is 9.60. The average Bonchev–Trinajstić information content (AvgIpc) is 2.47. The summed E-state index contributed by atoms with van der Waals surface area (Å²) in [6.07, 6.45) is 6.90. The van der Waals surface area contributed by atoms with Gasteiger partial charge in [-0.15, -0.1) is 6.58 Å². The number of carbonyl (C=O) groups excluding carboxylic acids is 2. The van der Waals surface area contributed by atoms with Crippen molar-refractivity contribution in [2.45, 2.75) is 71.8 Å². The largest absolute Gasteiger partial charge is 0.461 e. The van der Waals surface area contributed by atoms with E-state index in [2.05, 4.69) is 13.5 Å². The molecule has 0 saturated heterocycles. The molecule has 1 aliphatic rings. The second kappa shape index (κ2) is 7.80. The number of hydrogen-bond donors (Lipinski definition) is 0. The standard InChI is InChI=1S/C18H30O4/c1-6-8-11-16(20)21-13-18(22-15(4)19)14(3)10-9-12-17(18,5)7-2/h7,14H,2,6,8-13H2,1,3-5H3/t14-,17-,18-/m1/s1. The van der Waals surface area contributed by atoms with Gasteiger partial charge in [0.2, 0.25) is 0 Å². The van der Waals surface area contributed by atoms with Crippen LogP contribution in [0.4, 0.5) is 0 Å². The molecule has 4 nitrogen and oxygen atoms in total. The van der Waals surface area contributed by atoms with E-state index in [9.17, 15) is 9.59 Å². The van der Waals surface area contributed by atoms with Crippen molar-refractivity contribution in [2.24, 2.45) is 11.3 Å². The maximum atomic E-state index is 11.9. The molecule has 1 aliphatic carbocycles. The van der Waals surface area contributed by atoms with Gasteiger partial charge in [-0.05, 0) is 19.3 Å². The third-order valence-electron chi connectivity index (χ3n) is 5.05. The van der Waals surface area contributed by atoms with Gasteiger partial charge in [-0.2, -0.15) is 0 Å². The molecule has 0 aliphatic heterocycles. The molecule has 0 amide bonds. The molecule has 126 valence electrons. The first-order chi connectivity index (χ1) is 10.3. The van der Waals surface area contributed by atoms with Crippen LogP contribution in [0.2, 0.25) is 0 Å². The van der Waals surface area contributed by atoms with Crippen molar-refractivity contribution in [3.8, 4) is 0 Å². The molecule has 0 aromatic carbocycles. The third kappa shape index (κ3) is 3.90. The Balaban J connectivity index is 2.98. The third-order valence-corrected chi connectivity index (χ3v) is 5.05. The molecule has 0 aromatic heterocycles. The number of hydrogen-bond acceptors (Lipinski definition) is 4. The van der Waals surface area contributed by atoms with Gasteiger partial charge in [0.1, 0.15) is 6.61 Å². The molecule has 0 radical (unpaired) electrons. The Bertz CT molecular complexity index is 417. The molecule has 0 heterocycles. The predicted octanol–water partition coefficient (Wildman–Crippen LogP) is 4.03. The fourth-order valence-corrected chi connectivity index (χ4v) is 3.45. The van der Waals surface area contributed by atoms with Crippen LogP contribution in [0.25, 0.3) is 0 Å². The predicted molar refractivity (Wildman–Crippen MR) is 86.3 cm³/mol. The topological polar surface area (TPSA) is 52.6 Å². The van der Waals surface area contributed by atoms with Gasteiger partial charge in [-0.3, -0.25) is 9.59 Å². The maximum absolute atomic E-state index is 11.9. The summed E-state index contributed by atoms with van der Waals surface area (Å²) < 4.78 is 11.3. The van der Waals surface area contributed by atoms with Gasteiger partial charge in [0.15, 0.2) is 5.60 Å². The highest BCUT2D eigenvalue weighted by atomic mass is 16.6. The lowest BCUT2D eigenvalue weighted by Gasteiger charge is -2.52. The van der Waals surface area contributed by atoms with E-state index in [-0.39, 0.29) is 29.9 Å². The minimum atomic E-state index is -0.819. The van der Waals surface area contributed by atoms with Crippen molar-refractivity contribution in [3.05, 3.63) is 12.7 Å². The molecule has 0 aromatic rings. The first-order valence-electron chi connectivity index (χ1n) is 8.30. The van der Waals surface area contributed by atoms with E-state index in [1.54, 1.807) is 0 Å². The first-order valence-corrected chi connectivity index (χ1v) is 8.30. The molecule has 0 unspecified atom stereocenters. The highest BCUT2D eigenvalue weighted by Crippen LogP contribution is 2.50. The van der Waals surface area contributed by atoms with Crippen LogP contribution in [0.1, 0.15) is 66.2 Å². The zero-order valence-electron chi connectivity index (χ0n) is 14.4. The molecule has 3 atom stereocenters. The summed E-state index contributed by atoms with van der Waals surface area (Å²) >= 11 is 0. The Kier molecular flexibility index (Phi) is 6.64. The Morgan fingerprint density at radius 3 is 2.64 bits per heavy atom. The van der Waals surface area contributed by atoms with Gasteiger partial charge >= 0.3 is 11.9 Å². The number of unbranched alkanes of at least 4 members (excludes halogenated alkanes) is 1. The van der Waals surface area contributed by atoms with Gasteiger partial charge in [0.25, 0.3) is 0 Å². The van der Waals surface area contributed by atoms with Crippen molar-refractivity contribution in [2.75, 3.05) is 6.61 Å². The molecule has 1 saturated carbocycles. The lowest BCUT2D eigenvalue weighted by Crippen LogP contribution is -2.59. The average molecular weight is 310 g/mol. The van der Waals surface area contributed by atoms with Gasteiger partial charge in [-0.1, -0.05) is 39.7 Å². The summed E-state index contributed by atoms with van der Waals surface area (Å²) in [6, 6.07) is 0. The Hall–Kier alpha value is -1.32. The number of carbonyl (C=O) groups is 2. The van der Waals surface area contributed by atoms with E-state index in [0.29, 0.717) is 6.42 Å². The van der Waals surface area contributed by atoms with Crippen LogP contribution in [-0.2, 0) is 19.1 Å². The van der Waals surface area contributed by atoms with Gasteiger partial charge < -0.3 is 9.47 Å². The Labute approximate surface area is 134 Å². The summed E-state index contributed by atoms with van der Waals surface area (Å²) in [6.45, 7) is 11.6. The molecule has 0 N–H and O–H groups in total. The van der Waals surface area contributed by atoms with Crippen LogP contribution in [0, 0.1) is 11.3 Å². The summed E-state index contributed by atoms with van der Waals surface area (Å²) in [5.41, 5.74) is -1.21. The fraction of sp³-hybridized carbons (Fsp3) is 0.778. The van der Waals surface area contributed by atoms with E-state index < -0.39 is 5.60 Å². The molecule has 0 spiro atoms. The quantitative estimate of drug-likeness (QED) is 0.526. The van der Waals surface area contributed by atoms with Crippen molar-refractivity contribution >= 4 is 11.9 Å². The van der Waals surface area contributed by atoms with Gasteiger partial charge in [-0.25, -0.2) is 0 Å². The normalized spacial score (nSPS) is 31.4. The van der Waals surface area contributed by atoms with Crippen LogP contribution in [0.15, 0.2) is 12.7 Å². The van der Waals surface area contributed by atoms with Crippen LogP contribution in [-0.4, -0.2) is 24.1 Å². The number of rotatable bonds is 7. The van der Waals surface area contributed by atoms with E-state index in [1.165, 1.54) is 6.92 Å². The van der Waals surface area contributed by atoms with E-state index in [0.717, 1.165) is 32.1 Å². The van der Waals surface area contributed by atoms with Crippen LogP contribution in [0.3, 0.4) is 0 Å². The van der Waals surface area contributed by atoms with Crippen molar-refractivity contribution in [1.29, 1.82) is 0 Å². The summed E-state index contributed by atoms with van der Waals surface area (Å²) in [4.78, 5) is 23.6. The molecule has 22 heavy (non-hydrogen) atoms. The van der Waals surface area contributed by atoms with Crippen LogP contribution < -0.4 is 0 Å². The minimum absolute atomic E-state index is 0.110. The SMILES string of the molecule is C=C[C@]1(C)CCC[C@@H](C)[C@@]1(COC(=O)CCCC)OC(C)=O. The minimum Gasteiger partial charge on any atom is -0.461 e. The Morgan fingerprint density at radius 1 is 1.41 bits per heavy atom. The summed E-state index contributed by atoms with van der Waals surface area (Å²) in [5, 5.41) is 0.